The molecule has 2 N–H and O–H groups in total. The number of nitrogens with zero attached hydrogens (tertiary/aromatic N) is 3. The minimum atomic E-state index is 0.579. The summed E-state index contributed by atoms with van der Waals surface area (Å²) in [5.74, 6) is 1.23. The SMILES string of the molecule is COc1cc(C)nc(N(C)CCN)n1. The van der Waals surface area contributed by atoms with Crippen molar-refractivity contribution >= 4 is 5.95 Å². The number of ether oxygens (including phenoxy) is 1. The van der Waals surface area contributed by atoms with Crippen molar-refractivity contribution in [3.05, 3.63) is 11.8 Å². The lowest BCUT2D eigenvalue weighted by atomic mass is 10.4. The highest BCUT2D eigenvalue weighted by molar-refractivity contribution is 5.33. The van der Waals surface area contributed by atoms with E-state index in [1.807, 2.05) is 18.9 Å². The Morgan fingerprint density at radius 2 is 2.21 bits per heavy atom. The van der Waals surface area contributed by atoms with Gasteiger partial charge in [-0.2, -0.15) is 4.98 Å². The number of hydrogen-bond acceptors (Lipinski definition) is 5. The topological polar surface area (TPSA) is 64.3 Å². The average molecular weight is 196 g/mol. The molecule has 1 aromatic rings. The van der Waals surface area contributed by atoms with E-state index in [0.29, 0.717) is 18.4 Å². The summed E-state index contributed by atoms with van der Waals surface area (Å²) in [6, 6.07) is 1.79. The normalized spacial score (nSPS) is 10.0. The van der Waals surface area contributed by atoms with Crippen LogP contribution >= 0.6 is 0 Å². The molecular weight excluding hydrogens is 180 g/mol. The fraction of sp³-hybridized carbons (Fsp3) is 0.556. The number of methoxy groups -OCH3 is 1. The van der Waals surface area contributed by atoms with Gasteiger partial charge in [-0.3, -0.25) is 0 Å². The molecule has 0 atom stereocenters. The lowest BCUT2D eigenvalue weighted by Gasteiger charge is -2.16. The Balaban J connectivity index is 2.90. The number of rotatable bonds is 4. The molecule has 1 aromatic heterocycles. The molecule has 5 nitrogen and oxygen atoms in total. The van der Waals surface area contributed by atoms with Crippen LogP contribution in [0.4, 0.5) is 5.95 Å². The van der Waals surface area contributed by atoms with Gasteiger partial charge in [-0.15, -0.1) is 0 Å². The van der Waals surface area contributed by atoms with Crippen LogP contribution in [0.3, 0.4) is 0 Å². The number of likely N-dealkylation sites (N-methyl/N-ethyl adjacent to an activating group) is 1. The molecule has 0 radical (unpaired) electrons. The van der Waals surface area contributed by atoms with E-state index in [1.165, 1.54) is 0 Å². The summed E-state index contributed by atoms with van der Waals surface area (Å²) in [6.07, 6.45) is 0. The van der Waals surface area contributed by atoms with Crippen molar-refractivity contribution in [1.29, 1.82) is 0 Å². The smallest absolute Gasteiger partial charge is 0.228 e. The van der Waals surface area contributed by atoms with Gasteiger partial charge in [0.05, 0.1) is 7.11 Å². The number of aromatic nitrogens is 2. The molecule has 0 aliphatic carbocycles. The molecule has 1 rings (SSSR count). The van der Waals surface area contributed by atoms with E-state index in [1.54, 1.807) is 13.2 Å². The van der Waals surface area contributed by atoms with Crippen LogP contribution in [0.15, 0.2) is 6.07 Å². The van der Waals surface area contributed by atoms with Gasteiger partial charge in [0.25, 0.3) is 0 Å². The van der Waals surface area contributed by atoms with Crippen LogP contribution < -0.4 is 15.4 Å². The molecule has 78 valence electrons. The minimum absolute atomic E-state index is 0.579. The van der Waals surface area contributed by atoms with Crippen LogP contribution in [-0.2, 0) is 0 Å². The van der Waals surface area contributed by atoms with Crippen molar-refractivity contribution in [2.24, 2.45) is 5.73 Å². The van der Waals surface area contributed by atoms with Gasteiger partial charge in [0.15, 0.2) is 0 Å². The van der Waals surface area contributed by atoms with E-state index < -0.39 is 0 Å². The highest BCUT2D eigenvalue weighted by Gasteiger charge is 2.06. The molecule has 1 heterocycles. The zero-order valence-corrected chi connectivity index (χ0v) is 8.82. The van der Waals surface area contributed by atoms with Crippen LogP contribution in [0.2, 0.25) is 0 Å². The number of aryl methyl sites for hydroxylation is 1. The highest BCUT2D eigenvalue weighted by Crippen LogP contribution is 2.13. The standard InChI is InChI=1S/C9H16N4O/c1-7-6-8(14-3)12-9(11-7)13(2)5-4-10/h6H,4-5,10H2,1-3H3. The fourth-order valence-corrected chi connectivity index (χ4v) is 1.09. The summed E-state index contributed by atoms with van der Waals surface area (Å²) in [5.41, 5.74) is 6.33. The van der Waals surface area contributed by atoms with Gasteiger partial charge in [-0.25, -0.2) is 4.98 Å². The van der Waals surface area contributed by atoms with Gasteiger partial charge < -0.3 is 15.4 Å². The van der Waals surface area contributed by atoms with Gasteiger partial charge in [0, 0.05) is 31.9 Å². The van der Waals surface area contributed by atoms with Crippen molar-refractivity contribution < 1.29 is 4.74 Å². The largest absolute Gasteiger partial charge is 0.481 e. The van der Waals surface area contributed by atoms with Gasteiger partial charge in [0.2, 0.25) is 11.8 Å². The summed E-state index contributed by atoms with van der Waals surface area (Å²) in [6.45, 7) is 3.21. The summed E-state index contributed by atoms with van der Waals surface area (Å²) >= 11 is 0. The maximum Gasteiger partial charge on any atom is 0.228 e. The van der Waals surface area contributed by atoms with E-state index in [9.17, 15) is 0 Å². The second-order valence-electron chi connectivity index (χ2n) is 3.06. The predicted octanol–water partition coefficient (Wildman–Crippen LogP) is 0.189. The Kier molecular flexibility index (Phi) is 3.64. The molecule has 0 aliphatic rings. The zero-order chi connectivity index (χ0) is 10.6. The Hall–Kier alpha value is -1.36. The first-order valence-corrected chi connectivity index (χ1v) is 4.48. The number of nitrogens with two attached hydrogens (primary N) is 1. The fourth-order valence-electron chi connectivity index (χ4n) is 1.09. The summed E-state index contributed by atoms with van der Waals surface area (Å²) < 4.78 is 5.05. The second kappa shape index (κ2) is 4.76. The van der Waals surface area contributed by atoms with Crippen molar-refractivity contribution in [1.82, 2.24) is 9.97 Å². The monoisotopic (exact) mass is 196 g/mol. The molecule has 0 unspecified atom stereocenters. The van der Waals surface area contributed by atoms with E-state index in [-0.39, 0.29) is 0 Å². The molecule has 0 amide bonds. The van der Waals surface area contributed by atoms with Gasteiger partial charge >= 0.3 is 0 Å². The second-order valence-corrected chi connectivity index (χ2v) is 3.06. The van der Waals surface area contributed by atoms with E-state index in [4.69, 9.17) is 10.5 Å². The quantitative estimate of drug-likeness (QED) is 0.744. The molecule has 14 heavy (non-hydrogen) atoms. The molecule has 0 aliphatic heterocycles. The Morgan fingerprint density at radius 3 is 2.79 bits per heavy atom. The maximum absolute atomic E-state index is 5.45. The highest BCUT2D eigenvalue weighted by atomic mass is 16.5. The summed E-state index contributed by atoms with van der Waals surface area (Å²) in [7, 11) is 3.50. The third-order valence-corrected chi connectivity index (χ3v) is 1.83. The van der Waals surface area contributed by atoms with Crippen LogP contribution in [0, 0.1) is 6.92 Å². The summed E-state index contributed by atoms with van der Waals surface area (Å²) in [5, 5.41) is 0. The first kappa shape index (κ1) is 10.7. The third-order valence-electron chi connectivity index (χ3n) is 1.83. The zero-order valence-electron chi connectivity index (χ0n) is 8.82. The molecule has 5 heteroatoms. The van der Waals surface area contributed by atoms with Crippen LogP contribution in [-0.4, -0.2) is 37.2 Å². The minimum Gasteiger partial charge on any atom is -0.481 e. The predicted molar refractivity (Wildman–Crippen MR) is 55.6 cm³/mol. The number of hydrogen-bond donors (Lipinski definition) is 1. The van der Waals surface area contributed by atoms with Crippen molar-refractivity contribution in [3.63, 3.8) is 0 Å². The molecular formula is C9H16N4O. The van der Waals surface area contributed by atoms with E-state index >= 15 is 0 Å². The Labute approximate surface area is 83.9 Å². The van der Waals surface area contributed by atoms with E-state index in [0.717, 1.165) is 12.2 Å². The molecule has 0 spiro atoms. The average Bonchev–Trinajstić information content (AvgIpc) is 2.17. The van der Waals surface area contributed by atoms with Crippen LogP contribution in [0.25, 0.3) is 0 Å². The lowest BCUT2D eigenvalue weighted by molar-refractivity contribution is 0.396. The van der Waals surface area contributed by atoms with Crippen LogP contribution in [0.1, 0.15) is 5.69 Å². The third kappa shape index (κ3) is 2.56. The first-order chi connectivity index (χ1) is 6.67. The Morgan fingerprint density at radius 1 is 1.50 bits per heavy atom. The molecule has 0 saturated carbocycles. The van der Waals surface area contributed by atoms with Gasteiger partial charge in [-0.05, 0) is 6.92 Å². The summed E-state index contributed by atoms with van der Waals surface area (Å²) in [4.78, 5) is 10.4. The maximum atomic E-state index is 5.45. The molecule has 0 aromatic carbocycles. The molecule has 0 bridgehead atoms. The molecule has 0 saturated heterocycles. The van der Waals surface area contributed by atoms with E-state index in [2.05, 4.69) is 9.97 Å². The van der Waals surface area contributed by atoms with Crippen LogP contribution in [0.5, 0.6) is 5.88 Å². The lowest BCUT2D eigenvalue weighted by Crippen LogP contribution is -2.26. The van der Waals surface area contributed by atoms with Crippen molar-refractivity contribution in [3.8, 4) is 5.88 Å². The molecule has 0 fully saturated rings. The van der Waals surface area contributed by atoms with Crippen molar-refractivity contribution in [2.75, 3.05) is 32.1 Å². The van der Waals surface area contributed by atoms with Gasteiger partial charge in [-0.1, -0.05) is 0 Å². The number of anilines is 1. The van der Waals surface area contributed by atoms with Gasteiger partial charge in [0.1, 0.15) is 0 Å². The first-order valence-electron chi connectivity index (χ1n) is 4.48. The Bertz CT molecular complexity index is 303. The van der Waals surface area contributed by atoms with Crippen molar-refractivity contribution in [2.45, 2.75) is 6.92 Å².